The molecule has 19 heavy (non-hydrogen) atoms. The second kappa shape index (κ2) is 5.97. The molecule has 1 atom stereocenters. The molecule has 0 fully saturated rings. The lowest BCUT2D eigenvalue weighted by molar-refractivity contribution is 0.589. The molecule has 0 amide bonds. The topological polar surface area (TPSA) is 42.7 Å². The highest BCUT2D eigenvalue weighted by Crippen LogP contribution is 2.20. The van der Waals surface area contributed by atoms with Gasteiger partial charge in [0.1, 0.15) is 0 Å². The molecule has 0 saturated carbocycles. The number of pyridine rings is 1. The van der Waals surface area contributed by atoms with Gasteiger partial charge in [-0.3, -0.25) is 0 Å². The summed E-state index contributed by atoms with van der Waals surface area (Å²) in [5, 5.41) is 8.03. The standard InChI is InChI=1S/C15H22N4/c1-5-16-12(4)13-7-6-9-17-15(13)19-10-8-14(18-19)11(2)3/h6-12,16H,5H2,1-4H3. The largest absolute Gasteiger partial charge is 0.310 e. The molecule has 0 spiro atoms. The second-order valence-corrected chi connectivity index (χ2v) is 5.04. The minimum Gasteiger partial charge on any atom is -0.310 e. The Morgan fingerprint density at radius 2 is 2.05 bits per heavy atom. The number of hydrogen-bond acceptors (Lipinski definition) is 3. The van der Waals surface area contributed by atoms with Crippen LogP contribution in [0.3, 0.4) is 0 Å². The van der Waals surface area contributed by atoms with E-state index in [1.165, 1.54) is 5.56 Å². The quantitative estimate of drug-likeness (QED) is 0.896. The molecule has 2 aromatic heterocycles. The molecule has 4 heteroatoms. The van der Waals surface area contributed by atoms with Gasteiger partial charge in [0, 0.05) is 24.0 Å². The maximum absolute atomic E-state index is 4.61. The summed E-state index contributed by atoms with van der Waals surface area (Å²) in [5.74, 6) is 1.34. The first-order chi connectivity index (χ1) is 9.13. The Morgan fingerprint density at radius 3 is 2.68 bits per heavy atom. The van der Waals surface area contributed by atoms with Gasteiger partial charge in [-0.1, -0.05) is 26.8 Å². The molecule has 1 N–H and O–H groups in total. The molecule has 0 aliphatic rings. The Balaban J connectivity index is 2.38. The number of hydrogen-bond donors (Lipinski definition) is 1. The summed E-state index contributed by atoms with van der Waals surface area (Å²) < 4.78 is 1.87. The Kier molecular flexibility index (Phi) is 4.32. The molecule has 2 rings (SSSR count). The zero-order chi connectivity index (χ0) is 13.8. The molecule has 0 bridgehead atoms. The van der Waals surface area contributed by atoms with Crippen LogP contribution >= 0.6 is 0 Å². The molecule has 0 saturated heterocycles. The normalized spacial score (nSPS) is 12.9. The third kappa shape index (κ3) is 3.01. The highest BCUT2D eigenvalue weighted by Gasteiger charge is 2.13. The fourth-order valence-electron chi connectivity index (χ4n) is 2.12. The van der Waals surface area contributed by atoms with Gasteiger partial charge in [0.25, 0.3) is 0 Å². The molecule has 0 aromatic carbocycles. The van der Waals surface area contributed by atoms with Gasteiger partial charge in [0.2, 0.25) is 0 Å². The van der Waals surface area contributed by atoms with Crippen molar-refractivity contribution in [2.24, 2.45) is 0 Å². The molecule has 102 valence electrons. The lowest BCUT2D eigenvalue weighted by atomic mass is 10.1. The summed E-state index contributed by atoms with van der Waals surface area (Å²) in [4.78, 5) is 4.49. The van der Waals surface area contributed by atoms with E-state index in [1.807, 2.05) is 23.1 Å². The van der Waals surface area contributed by atoms with E-state index in [4.69, 9.17) is 0 Å². The molecule has 2 aromatic rings. The van der Waals surface area contributed by atoms with Crippen LogP contribution in [0.5, 0.6) is 0 Å². The second-order valence-electron chi connectivity index (χ2n) is 5.04. The number of aromatic nitrogens is 3. The summed E-state index contributed by atoms with van der Waals surface area (Å²) in [6, 6.07) is 6.40. The summed E-state index contributed by atoms with van der Waals surface area (Å²) in [6.45, 7) is 9.49. The summed E-state index contributed by atoms with van der Waals surface area (Å²) in [7, 11) is 0. The first kappa shape index (κ1) is 13.7. The van der Waals surface area contributed by atoms with E-state index in [0.29, 0.717) is 5.92 Å². The minimum atomic E-state index is 0.264. The molecule has 1 unspecified atom stereocenters. The predicted octanol–water partition coefficient (Wildman–Crippen LogP) is 3.06. The van der Waals surface area contributed by atoms with Crippen molar-refractivity contribution in [2.45, 2.75) is 39.7 Å². The highest BCUT2D eigenvalue weighted by atomic mass is 15.3. The van der Waals surface area contributed by atoms with Crippen molar-refractivity contribution in [3.8, 4) is 5.82 Å². The van der Waals surface area contributed by atoms with E-state index in [2.05, 4.69) is 55.2 Å². The van der Waals surface area contributed by atoms with E-state index in [1.54, 1.807) is 0 Å². The van der Waals surface area contributed by atoms with Crippen LogP contribution in [0.4, 0.5) is 0 Å². The van der Waals surface area contributed by atoms with Crippen molar-refractivity contribution < 1.29 is 0 Å². The minimum absolute atomic E-state index is 0.264. The Labute approximate surface area is 114 Å². The molecule has 4 nitrogen and oxygen atoms in total. The van der Waals surface area contributed by atoms with Crippen LogP contribution in [0.15, 0.2) is 30.6 Å². The summed E-state index contributed by atoms with van der Waals surface area (Å²) in [6.07, 6.45) is 3.80. The first-order valence-electron chi connectivity index (χ1n) is 6.87. The van der Waals surface area contributed by atoms with Crippen molar-refractivity contribution in [3.05, 3.63) is 41.9 Å². The van der Waals surface area contributed by atoms with Crippen LogP contribution < -0.4 is 5.32 Å². The molecule has 0 aliphatic carbocycles. The van der Waals surface area contributed by atoms with E-state index < -0.39 is 0 Å². The van der Waals surface area contributed by atoms with Crippen molar-refractivity contribution in [3.63, 3.8) is 0 Å². The van der Waals surface area contributed by atoms with Crippen LogP contribution in [0.25, 0.3) is 5.82 Å². The monoisotopic (exact) mass is 258 g/mol. The van der Waals surface area contributed by atoms with Crippen LogP contribution in [0.1, 0.15) is 50.9 Å². The molecule has 2 heterocycles. The van der Waals surface area contributed by atoms with Crippen LogP contribution in [-0.2, 0) is 0 Å². The van der Waals surface area contributed by atoms with Gasteiger partial charge in [-0.05, 0) is 31.5 Å². The van der Waals surface area contributed by atoms with Crippen molar-refractivity contribution >= 4 is 0 Å². The highest BCUT2D eigenvalue weighted by molar-refractivity contribution is 5.35. The maximum atomic E-state index is 4.61. The molecular formula is C15H22N4. The lowest BCUT2D eigenvalue weighted by Crippen LogP contribution is -2.20. The van der Waals surface area contributed by atoms with Gasteiger partial charge in [0.05, 0.1) is 5.69 Å². The zero-order valence-electron chi connectivity index (χ0n) is 12.1. The van der Waals surface area contributed by atoms with E-state index in [-0.39, 0.29) is 6.04 Å². The number of nitrogens with one attached hydrogen (secondary N) is 1. The van der Waals surface area contributed by atoms with E-state index in [0.717, 1.165) is 18.1 Å². The van der Waals surface area contributed by atoms with Crippen LogP contribution in [-0.4, -0.2) is 21.3 Å². The molecule has 0 radical (unpaired) electrons. The third-order valence-corrected chi connectivity index (χ3v) is 3.21. The van der Waals surface area contributed by atoms with Gasteiger partial charge in [-0.25, -0.2) is 9.67 Å². The van der Waals surface area contributed by atoms with Crippen molar-refractivity contribution in [1.29, 1.82) is 0 Å². The predicted molar refractivity (Wildman–Crippen MR) is 77.5 cm³/mol. The van der Waals surface area contributed by atoms with Gasteiger partial charge in [-0.15, -0.1) is 0 Å². The van der Waals surface area contributed by atoms with E-state index >= 15 is 0 Å². The van der Waals surface area contributed by atoms with Gasteiger partial charge in [0.15, 0.2) is 5.82 Å². The average molecular weight is 258 g/mol. The van der Waals surface area contributed by atoms with E-state index in [9.17, 15) is 0 Å². The fraction of sp³-hybridized carbons (Fsp3) is 0.467. The first-order valence-corrected chi connectivity index (χ1v) is 6.87. The average Bonchev–Trinajstić information content (AvgIpc) is 2.88. The van der Waals surface area contributed by atoms with Gasteiger partial charge < -0.3 is 5.32 Å². The summed E-state index contributed by atoms with van der Waals surface area (Å²) >= 11 is 0. The van der Waals surface area contributed by atoms with Crippen LogP contribution in [0, 0.1) is 0 Å². The zero-order valence-corrected chi connectivity index (χ0v) is 12.1. The van der Waals surface area contributed by atoms with Gasteiger partial charge in [-0.2, -0.15) is 5.10 Å². The third-order valence-electron chi connectivity index (χ3n) is 3.21. The Morgan fingerprint density at radius 1 is 1.26 bits per heavy atom. The van der Waals surface area contributed by atoms with Crippen molar-refractivity contribution in [1.82, 2.24) is 20.1 Å². The SMILES string of the molecule is CCNC(C)c1cccnc1-n1ccc(C(C)C)n1. The maximum Gasteiger partial charge on any atom is 0.158 e. The lowest BCUT2D eigenvalue weighted by Gasteiger charge is -2.16. The Hall–Kier alpha value is -1.68. The molecular weight excluding hydrogens is 236 g/mol. The van der Waals surface area contributed by atoms with Gasteiger partial charge >= 0.3 is 0 Å². The number of rotatable bonds is 5. The Bertz CT molecular complexity index is 530. The smallest absolute Gasteiger partial charge is 0.158 e. The molecule has 0 aliphatic heterocycles. The fourth-order valence-corrected chi connectivity index (χ4v) is 2.12. The summed E-state index contributed by atoms with van der Waals surface area (Å²) in [5.41, 5.74) is 2.26. The van der Waals surface area contributed by atoms with Crippen molar-refractivity contribution in [2.75, 3.05) is 6.54 Å². The van der Waals surface area contributed by atoms with Crippen LogP contribution in [0.2, 0.25) is 0 Å². The number of nitrogens with zero attached hydrogens (tertiary/aromatic N) is 3.